The number of carboxylic acids is 1. The molecule has 0 aliphatic carbocycles. The summed E-state index contributed by atoms with van der Waals surface area (Å²) in [7, 11) is 0. The predicted octanol–water partition coefficient (Wildman–Crippen LogP) is 0.965. The highest BCUT2D eigenvalue weighted by Gasteiger charge is 2.21. The van der Waals surface area contributed by atoms with Crippen molar-refractivity contribution in [3.63, 3.8) is 0 Å². The van der Waals surface area contributed by atoms with Crippen LogP contribution in [0, 0.1) is 13.8 Å². The first kappa shape index (κ1) is 11.8. The maximum Gasteiger partial charge on any atom is 0.354 e. The molecule has 0 fully saturated rings. The number of amides is 1. The molecule has 1 amide bonds. The summed E-state index contributed by atoms with van der Waals surface area (Å²) in [5, 5.41) is 14.9. The molecule has 0 unspecified atom stereocenters. The predicted molar refractivity (Wildman–Crippen MR) is 59.5 cm³/mol. The fraction of sp³-hybridized carbons (Fsp3) is 0.200. The first-order valence-electron chi connectivity index (χ1n) is 5.01. The minimum atomic E-state index is -1.26. The average molecular weight is 250 g/mol. The van der Waals surface area contributed by atoms with Crippen molar-refractivity contribution in [2.75, 3.05) is 5.32 Å². The van der Waals surface area contributed by atoms with Crippen molar-refractivity contribution < 1.29 is 19.2 Å². The molecule has 2 aromatic rings. The Kier molecular flexibility index (Phi) is 2.84. The van der Waals surface area contributed by atoms with Gasteiger partial charge < -0.3 is 14.6 Å². The van der Waals surface area contributed by atoms with Gasteiger partial charge in [0, 0.05) is 5.56 Å². The Morgan fingerprint density at radius 3 is 2.72 bits per heavy atom. The SMILES string of the molecule is Cc1noc(NC(=O)c2nc[nH]c2C(=O)O)c1C. The monoisotopic (exact) mass is 250 g/mol. The summed E-state index contributed by atoms with van der Waals surface area (Å²) >= 11 is 0. The molecule has 0 bridgehead atoms. The van der Waals surface area contributed by atoms with Crippen LogP contribution in [-0.4, -0.2) is 32.1 Å². The van der Waals surface area contributed by atoms with Crippen molar-refractivity contribution in [1.29, 1.82) is 0 Å². The number of anilines is 1. The van der Waals surface area contributed by atoms with Crippen LogP contribution in [-0.2, 0) is 0 Å². The number of aryl methyl sites for hydroxylation is 1. The number of carbonyl (C=O) groups is 2. The normalized spacial score (nSPS) is 10.3. The van der Waals surface area contributed by atoms with E-state index in [9.17, 15) is 9.59 Å². The fourth-order valence-electron chi connectivity index (χ4n) is 1.32. The van der Waals surface area contributed by atoms with Crippen molar-refractivity contribution in [2.45, 2.75) is 13.8 Å². The molecular weight excluding hydrogens is 240 g/mol. The van der Waals surface area contributed by atoms with Gasteiger partial charge in [-0.25, -0.2) is 9.78 Å². The van der Waals surface area contributed by atoms with Crippen molar-refractivity contribution in [2.24, 2.45) is 0 Å². The van der Waals surface area contributed by atoms with E-state index in [1.54, 1.807) is 13.8 Å². The van der Waals surface area contributed by atoms with Gasteiger partial charge in [-0.15, -0.1) is 0 Å². The third-order valence-electron chi connectivity index (χ3n) is 2.45. The van der Waals surface area contributed by atoms with Gasteiger partial charge in [0.05, 0.1) is 12.0 Å². The fourth-order valence-corrected chi connectivity index (χ4v) is 1.32. The van der Waals surface area contributed by atoms with Gasteiger partial charge in [0.1, 0.15) is 0 Å². The number of H-pyrrole nitrogens is 1. The number of imidazole rings is 1. The van der Waals surface area contributed by atoms with Crippen LogP contribution < -0.4 is 5.32 Å². The highest BCUT2D eigenvalue weighted by molar-refractivity contribution is 6.08. The highest BCUT2D eigenvalue weighted by Crippen LogP contribution is 2.18. The number of carbonyl (C=O) groups excluding carboxylic acids is 1. The third kappa shape index (κ3) is 1.95. The lowest BCUT2D eigenvalue weighted by Gasteiger charge is -2.00. The number of aromatic carboxylic acids is 1. The van der Waals surface area contributed by atoms with E-state index in [-0.39, 0.29) is 17.3 Å². The van der Waals surface area contributed by atoms with E-state index < -0.39 is 11.9 Å². The van der Waals surface area contributed by atoms with Crippen LogP contribution in [0.5, 0.6) is 0 Å². The number of nitrogens with zero attached hydrogens (tertiary/aromatic N) is 2. The Morgan fingerprint density at radius 1 is 1.44 bits per heavy atom. The number of hydrogen-bond donors (Lipinski definition) is 3. The maximum absolute atomic E-state index is 11.8. The third-order valence-corrected chi connectivity index (χ3v) is 2.45. The molecule has 94 valence electrons. The quantitative estimate of drug-likeness (QED) is 0.746. The van der Waals surface area contributed by atoms with Crippen molar-refractivity contribution >= 4 is 17.8 Å². The summed E-state index contributed by atoms with van der Waals surface area (Å²) < 4.78 is 4.90. The van der Waals surface area contributed by atoms with Gasteiger partial charge in [-0.2, -0.15) is 0 Å². The van der Waals surface area contributed by atoms with E-state index in [1.165, 1.54) is 0 Å². The second kappa shape index (κ2) is 4.32. The van der Waals surface area contributed by atoms with Crippen LogP contribution in [0.25, 0.3) is 0 Å². The molecule has 2 heterocycles. The number of aromatic nitrogens is 3. The first-order valence-corrected chi connectivity index (χ1v) is 5.01. The van der Waals surface area contributed by atoms with Crippen LogP contribution >= 0.6 is 0 Å². The smallest absolute Gasteiger partial charge is 0.354 e. The van der Waals surface area contributed by atoms with Crippen LogP contribution in [0.3, 0.4) is 0 Å². The van der Waals surface area contributed by atoms with E-state index in [0.717, 1.165) is 6.33 Å². The van der Waals surface area contributed by atoms with Gasteiger partial charge in [-0.05, 0) is 13.8 Å². The zero-order chi connectivity index (χ0) is 13.3. The molecule has 0 aliphatic heterocycles. The molecule has 0 radical (unpaired) electrons. The minimum Gasteiger partial charge on any atom is -0.477 e. The molecule has 8 heteroatoms. The lowest BCUT2D eigenvalue weighted by Crippen LogP contribution is -2.16. The molecule has 0 aromatic carbocycles. The van der Waals surface area contributed by atoms with E-state index in [1.807, 2.05) is 0 Å². The molecule has 18 heavy (non-hydrogen) atoms. The van der Waals surface area contributed by atoms with Crippen LogP contribution in [0.15, 0.2) is 10.9 Å². The minimum absolute atomic E-state index is 0.178. The Hall–Kier alpha value is -2.64. The largest absolute Gasteiger partial charge is 0.477 e. The number of nitrogens with one attached hydrogen (secondary N) is 2. The molecule has 0 spiro atoms. The number of aromatic amines is 1. The summed E-state index contributed by atoms with van der Waals surface area (Å²) in [5.41, 5.74) is 0.832. The zero-order valence-electron chi connectivity index (χ0n) is 9.64. The molecule has 2 rings (SSSR count). The molecule has 0 saturated carbocycles. The van der Waals surface area contributed by atoms with Gasteiger partial charge in [0.15, 0.2) is 11.4 Å². The van der Waals surface area contributed by atoms with E-state index in [2.05, 4.69) is 20.4 Å². The lowest BCUT2D eigenvalue weighted by molar-refractivity contribution is 0.0686. The van der Waals surface area contributed by atoms with Crippen LogP contribution in [0.4, 0.5) is 5.88 Å². The molecule has 0 aliphatic rings. The second-order valence-electron chi connectivity index (χ2n) is 3.61. The van der Waals surface area contributed by atoms with Gasteiger partial charge in [-0.1, -0.05) is 5.16 Å². The lowest BCUT2D eigenvalue weighted by atomic mass is 10.2. The van der Waals surface area contributed by atoms with Crippen molar-refractivity contribution in [1.82, 2.24) is 15.1 Å². The summed E-state index contributed by atoms with van der Waals surface area (Å²) in [6.45, 7) is 3.45. The first-order chi connectivity index (χ1) is 8.50. The van der Waals surface area contributed by atoms with Crippen molar-refractivity contribution in [3.8, 4) is 0 Å². The standard InChI is InChI=1S/C10H10N4O4/c1-4-5(2)14-18-9(4)13-8(15)6-7(10(16)17)12-3-11-6/h3H,1-2H3,(H,11,12)(H,13,15)(H,16,17). The topological polar surface area (TPSA) is 121 Å². The highest BCUT2D eigenvalue weighted by atomic mass is 16.5. The summed E-state index contributed by atoms with van der Waals surface area (Å²) in [6.07, 6.45) is 1.14. The Labute approximate surface area is 101 Å². The molecule has 8 nitrogen and oxygen atoms in total. The molecule has 3 N–H and O–H groups in total. The van der Waals surface area contributed by atoms with Crippen molar-refractivity contribution in [3.05, 3.63) is 29.0 Å². The molecular formula is C10H10N4O4. The summed E-state index contributed by atoms with van der Waals surface area (Å²) in [4.78, 5) is 28.7. The Bertz CT molecular complexity index is 613. The number of rotatable bonds is 3. The number of hydrogen-bond acceptors (Lipinski definition) is 5. The summed E-state index contributed by atoms with van der Waals surface area (Å²) in [5.74, 6) is -1.76. The van der Waals surface area contributed by atoms with Gasteiger partial charge >= 0.3 is 5.97 Å². The van der Waals surface area contributed by atoms with Gasteiger partial charge in [0.2, 0.25) is 5.88 Å². The van der Waals surface area contributed by atoms with Crippen LogP contribution in [0.1, 0.15) is 32.2 Å². The Morgan fingerprint density at radius 2 is 2.17 bits per heavy atom. The second-order valence-corrected chi connectivity index (χ2v) is 3.61. The van der Waals surface area contributed by atoms with E-state index in [4.69, 9.17) is 9.63 Å². The molecule has 0 atom stereocenters. The van der Waals surface area contributed by atoms with Gasteiger partial charge in [0.25, 0.3) is 5.91 Å². The molecule has 0 saturated heterocycles. The Balaban J connectivity index is 2.25. The average Bonchev–Trinajstić information content (AvgIpc) is 2.91. The van der Waals surface area contributed by atoms with E-state index in [0.29, 0.717) is 11.3 Å². The van der Waals surface area contributed by atoms with Gasteiger partial charge in [-0.3, -0.25) is 10.1 Å². The molecule has 2 aromatic heterocycles. The summed E-state index contributed by atoms with van der Waals surface area (Å²) in [6, 6.07) is 0. The van der Waals surface area contributed by atoms with Crippen LogP contribution in [0.2, 0.25) is 0 Å². The number of carboxylic acid groups (broad SMARTS) is 1. The zero-order valence-corrected chi connectivity index (χ0v) is 9.64. The maximum atomic E-state index is 11.8. The van der Waals surface area contributed by atoms with E-state index >= 15 is 0 Å².